The van der Waals surface area contributed by atoms with E-state index in [1.807, 2.05) is 0 Å². The van der Waals surface area contributed by atoms with Gasteiger partial charge in [-0.2, -0.15) is 4.98 Å². The largest absolute Gasteiger partial charge is 0.481 e. The number of methoxy groups -OCH3 is 2. The van der Waals surface area contributed by atoms with E-state index >= 15 is 0 Å². The lowest BCUT2D eigenvalue weighted by Gasteiger charge is -2.40. The Morgan fingerprint density at radius 2 is 2.14 bits per heavy atom. The molecule has 6 nitrogen and oxygen atoms in total. The second-order valence-corrected chi connectivity index (χ2v) is 6.44. The smallest absolute Gasteiger partial charge is 0.228 e. The number of nitrogens with zero attached hydrogens (tertiary/aromatic N) is 4. The normalized spacial score (nSPS) is 25.8. The zero-order valence-corrected chi connectivity index (χ0v) is 13.6. The van der Waals surface area contributed by atoms with Crippen molar-refractivity contribution >= 4 is 5.95 Å². The van der Waals surface area contributed by atoms with Gasteiger partial charge in [0.05, 0.1) is 13.7 Å². The van der Waals surface area contributed by atoms with Crippen LogP contribution in [0.15, 0.2) is 12.3 Å². The molecule has 1 atom stereocenters. The molecule has 1 spiro atoms. The second kappa shape index (κ2) is 6.79. The molecule has 2 aliphatic heterocycles. The van der Waals surface area contributed by atoms with Crippen molar-refractivity contribution in [2.24, 2.45) is 5.41 Å². The van der Waals surface area contributed by atoms with Crippen molar-refractivity contribution in [2.75, 3.05) is 58.5 Å². The summed E-state index contributed by atoms with van der Waals surface area (Å²) in [6, 6.07) is 1.79. The Kier molecular flexibility index (Phi) is 4.78. The summed E-state index contributed by atoms with van der Waals surface area (Å²) in [5, 5.41) is 0. The van der Waals surface area contributed by atoms with Crippen molar-refractivity contribution in [3.63, 3.8) is 0 Å². The Labute approximate surface area is 132 Å². The SMILES string of the molecule is COCCN1CCC[C@@]2(CCN(c3nccc(OC)n3)C2)C1. The van der Waals surface area contributed by atoms with Gasteiger partial charge in [0.1, 0.15) is 0 Å². The van der Waals surface area contributed by atoms with Gasteiger partial charge in [-0.1, -0.05) is 0 Å². The molecule has 6 heteroatoms. The molecule has 122 valence electrons. The Morgan fingerprint density at radius 1 is 1.23 bits per heavy atom. The molecule has 2 aliphatic rings. The maximum absolute atomic E-state index is 5.23. The van der Waals surface area contributed by atoms with E-state index in [1.54, 1.807) is 26.5 Å². The van der Waals surface area contributed by atoms with Crippen LogP contribution in [0.25, 0.3) is 0 Å². The van der Waals surface area contributed by atoms with Gasteiger partial charge in [0, 0.05) is 51.0 Å². The number of piperidine rings is 1. The number of aromatic nitrogens is 2. The van der Waals surface area contributed by atoms with Gasteiger partial charge >= 0.3 is 0 Å². The highest BCUT2D eigenvalue weighted by atomic mass is 16.5. The number of ether oxygens (including phenoxy) is 2. The van der Waals surface area contributed by atoms with Crippen LogP contribution < -0.4 is 9.64 Å². The zero-order chi connectivity index (χ0) is 15.4. The molecule has 3 heterocycles. The molecule has 0 amide bonds. The summed E-state index contributed by atoms with van der Waals surface area (Å²) in [4.78, 5) is 13.7. The summed E-state index contributed by atoms with van der Waals surface area (Å²) in [5.74, 6) is 1.43. The maximum Gasteiger partial charge on any atom is 0.228 e. The van der Waals surface area contributed by atoms with Crippen molar-refractivity contribution in [3.05, 3.63) is 12.3 Å². The second-order valence-electron chi connectivity index (χ2n) is 6.44. The fraction of sp³-hybridized carbons (Fsp3) is 0.750. The Morgan fingerprint density at radius 3 is 2.95 bits per heavy atom. The third-order valence-corrected chi connectivity index (χ3v) is 4.90. The van der Waals surface area contributed by atoms with Gasteiger partial charge in [-0.15, -0.1) is 0 Å². The molecule has 0 saturated carbocycles. The highest BCUT2D eigenvalue weighted by Crippen LogP contribution is 2.39. The van der Waals surface area contributed by atoms with E-state index in [9.17, 15) is 0 Å². The van der Waals surface area contributed by atoms with E-state index in [1.165, 1.54) is 25.8 Å². The van der Waals surface area contributed by atoms with Crippen LogP contribution in [-0.4, -0.2) is 68.4 Å². The standard InChI is InChI=1S/C16H26N4O2/c1-21-11-10-19-8-3-5-16(12-19)6-9-20(13-16)15-17-7-4-14(18-15)22-2/h4,7H,3,5-6,8-13H2,1-2H3/t16-/m1/s1. The van der Waals surface area contributed by atoms with Crippen LogP contribution in [0, 0.1) is 5.41 Å². The summed E-state index contributed by atoms with van der Waals surface area (Å²) in [5.41, 5.74) is 0.387. The monoisotopic (exact) mass is 306 g/mol. The first kappa shape index (κ1) is 15.5. The summed E-state index contributed by atoms with van der Waals surface area (Å²) < 4.78 is 10.4. The quantitative estimate of drug-likeness (QED) is 0.820. The van der Waals surface area contributed by atoms with Crippen LogP contribution >= 0.6 is 0 Å². The van der Waals surface area contributed by atoms with Crippen molar-refractivity contribution in [3.8, 4) is 5.88 Å². The molecule has 1 aromatic rings. The molecule has 0 N–H and O–H groups in total. The molecule has 0 aromatic carbocycles. The molecule has 0 radical (unpaired) electrons. The summed E-state index contributed by atoms with van der Waals surface area (Å²) in [7, 11) is 3.42. The molecular weight excluding hydrogens is 280 g/mol. The fourth-order valence-electron chi connectivity index (χ4n) is 3.76. The van der Waals surface area contributed by atoms with Gasteiger partial charge < -0.3 is 19.3 Å². The molecule has 0 bridgehead atoms. The molecule has 0 unspecified atom stereocenters. The molecule has 1 aromatic heterocycles. The highest BCUT2D eigenvalue weighted by molar-refractivity contribution is 5.34. The van der Waals surface area contributed by atoms with Gasteiger partial charge in [-0.3, -0.25) is 0 Å². The van der Waals surface area contributed by atoms with Crippen molar-refractivity contribution in [1.29, 1.82) is 0 Å². The Balaban J connectivity index is 1.65. The van der Waals surface area contributed by atoms with Crippen molar-refractivity contribution < 1.29 is 9.47 Å². The van der Waals surface area contributed by atoms with E-state index in [4.69, 9.17) is 9.47 Å². The molecular formula is C16H26N4O2. The van der Waals surface area contributed by atoms with E-state index in [-0.39, 0.29) is 0 Å². The first-order valence-electron chi connectivity index (χ1n) is 8.08. The highest BCUT2D eigenvalue weighted by Gasteiger charge is 2.41. The molecule has 0 aliphatic carbocycles. The van der Waals surface area contributed by atoms with Crippen molar-refractivity contribution in [1.82, 2.24) is 14.9 Å². The Hall–Kier alpha value is -1.40. The van der Waals surface area contributed by atoms with Gasteiger partial charge in [0.15, 0.2) is 0 Å². The predicted molar refractivity (Wildman–Crippen MR) is 85.4 cm³/mol. The molecule has 2 fully saturated rings. The minimum absolute atomic E-state index is 0.387. The van der Waals surface area contributed by atoms with E-state index in [0.29, 0.717) is 11.3 Å². The predicted octanol–water partition coefficient (Wildman–Crippen LogP) is 1.42. The van der Waals surface area contributed by atoms with Crippen LogP contribution in [0.4, 0.5) is 5.95 Å². The third-order valence-electron chi connectivity index (χ3n) is 4.90. The number of hydrogen-bond donors (Lipinski definition) is 0. The number of hydrogen-bond acceptors (Lipinski definition) is 6. The topological polar surface area (TPSA) is 50.7 Å². The van der Waals surface area contributed by atoms with Gasteiger partial charge in [0.2, 0.25) is 11.8 Å². The average molecular weight is 306 g/mol. The minimum atomic E-state index is 0.387. The number of likely N-dealkylation sites (tertiary alicyclic amines) is 1. The first-order chi connectivity index (χ1) is 10.7. The number of rotatable bonds is 5. The van der Waals surface area contributed by atoms with Crippen LogP contribution in [0.5, 0.6) is 5.88 Å². The minimum Gasteiger partial charge on any atom is -0.481 e. The van der Waals surface area contributed by atoms with Crippen LogP contribution in [0.3, 0.4) is 0 Å². The van der Waals surface area contributed by atoms with E-state index in [0.717, 1.165) is 38.7 Å². The van der Waals surface area contributed by atoms with Crippen LogP contribution in [-0.2, 0) is 4.74 Å². The summed E-state index contributed by atoms with van der Waals surface area (Å²) in [6.07, 6.45) is 5.57. The zero-order valence-electron chi connectivity index (χ0n) is 13.6. The van der Waals surface area contributed by atoms with E-state index in [2.05, 4.69) is 19.8 Å². The molecule has 3 rings (SSSR count). The lowest BCUT2D eigenvalue weighted by Crippen LogP contribution is -2.45. The third kappa shape index (κ3) is 3.33. The van der Waals surface area contributed by atoms with Gasteiger partial charge in [-0.25, -0.2) is 4.98 Å². The van der Waals surface area contributed by atoms with Crippen LogP contribution in [0.2, 0.25) is 0 Å². The maximum atomic E-state index is 5.23. The summed E-state index contributed by atoms with van der Waals surface area (Å²) >= 11 is 0. The first-order valence-corrected chi connectivity index (χ1v) is 8.08. The lowest BCUT2D eigenvalue weighted by molar-refractivity contribution is 0.0755. The van der Waals surface area contributed by atoms with E-state index < -0.39 is 0 Å². The van der Waals surface area contributed by atoms with Crippen LogP contribution in [0.1, 0.15) is 19.3 Å². The average Bonchev–Trinajstić information content (AvgIpc) is 2.96. The lowest BCUT2D eigenvalue weighted by atomic mass is 9.79. The Bertz CT molecular complexity index is 499. The van der Waals surface area contributed by atoms with Gasteiger partial charge in [-0.05, 0) is 25.8 Å². The van der Waals surface area contributed by atoms with Gasteiger partial charge in [0.25, 0.3) is 0 Å². The van der Waals surface area contributed by atoms with Crippen molar-refractivity contribution in [2.45, 2.75) is 19.3 Å². The summed E-state index contributed by atoms with van der Waals surface area (Å²) in [6.45, 7) is 6.29. The molecule has 2 saturated heterocycles. The number of anilines is 1. The molecule has 22 heavy (non-hydrogen) atoms. The fourth-order valence-corrected chi connectivity index (χ4v) is 3.76.